The van der Waals surface area contributed by atoms with E-state index >= 15 is 0 Å². The second kappa shape index (κ2) is 5.02. The molecule has 8 nitrogen and oxygen atoms in total. The number of carbonyl (C=O) groups is 1. The van der Waals surface area contributed by atoms with E-state index in [0.29, 0.717) is 0 Å². The van der Waals surface area contributed by atoms with Crippen molar-refractivity contribution in [2.75, 3.05) is 18.8 Å². The number of nitrogen functional groups attached to an aromatic ring is 1. The summed E-state index contributed by atoms with van der Waals surface area (Å²) < 4.78 is 25.6. The molecule has 2 rings (SSSR count). The van der Waals surface area contributed by atoms with Gasteiger partial charge in [0.05, 0.1) is 17.9 Å². The molecule has 110 valence electrons. The molecular weight excluding hydrogens is 286 g/mol. The molecule has 9 heteroatoms. The second-order valence-corrected chi connectivity index (χ2v) is 6.48. The quantitative estimate of drug-likeness (QED) is 0.479. The van der Waals surface area contributed by atoms with Gasteiger partial charge in [0, 0.05) is 18.7 Å². The first-order valence-electron chi connectivity index (χ1n) is 5.79. The number of sulfonamides is 1. The van der Waals surface area contributed by atoms with Gasteiger partial charge in [-0.3, -0.25) is 4.79 Å². The third kappa shape index (κ3) is 2.48. The van der Waals surface area contributed by atoms with Crippen LogP contribution in [-0.4, -0.2) is 54.1 Å². The molecule has 0 radical (unpaired) electrons. The van der Waals surface area contributed by atoms with Crippen LogP contribution in [0.1, 0.15) is 10.4 Å². The predicted molar refractivity (Wildman–Crippen MR) is 70.1 cm³/mol. The lowest BCUT2D eigenvalue weighted by Gasteiger charge is -2.17. The van der Waals surface area contributed by atoms with Crippen LogP contribution < -0.4 is 11.5 Å². The summed E-state index contributed by atoms with van der Waals surface area (Å²) in [6.45, 7) is -0.416. The maximum atomic E-state index is 12.3. The van der Waals surface area contributed by atoms with Crippen molar-refractivity contribution in [2.45, 2.75) is 17.1 Å². The normalized spacial score (nSPS) is 23.9. The standard InChI is InChI=1S/C11H15N3O5S/c12-7-3-6(11(13)17)1-2-10(7)20(18,19)14-4-8(15)9(16)5-14/h1-3,8-9,15-16H,4-5,12H2,(H2,13,17). The lowest BCUT2D eigenvalue weighted by molar-refractivity contribution is 0.0572. The van der Waals surface area contributed by atoms with Crippen molar-refractivity contribution in [1.82, 2.24) is 4.31 Å². The topological polar surface area (TPSA) is 147 Å². The first-order chi connectivity index (χ1) is 9.23. The van der Waals surface area contributed by atoms with Gasteiger partial charge in [0.25, 0.3) is 0 Å². The Balaban J connectivity index is 2.38. The van der Waals surface area contributed by atoms with Gasteiger partial charge in [-0.25, -0.2) is 8.42 Å². The fourth-order valence-corrected chi connectivity index (χ4v) is 3.58. The molecule has 6 N–H and O–H groups in total. The van der Waals surface area contributed by atoms with Crippen molar-refractivity contribution in [3.63, 3.8) is 0 Å². The number of hydrogen-bond acceptors (Lipinski definition) is 6. The molecule has 0 aromatic heterocycles. The fourth-order valence-electron chi connectivity index (χ4n) is 2.01. The minimum atomic E-state index is -3.94. The highest BCUT2D eigenvalue weighted by atomic mass is 32.2. The molecule has 1 amide bonds. The fraction of sp³-hybridized carbons (Fsp3) is 0.364. The number of nitrogens with two attached hydrogens (primary N) is 2. The van der Waals surface area contributed by atoms with Gasteiger partial charge in [0.2, 0.25) is 15.9 Å². The summed E-state index contributed by atoms with van der Waals surface area (Å²) in [7, 11) is -3.94. The number of primary amides is 1. The highest BCUT2D eigenvalue weighted by Crippen LogP contribution is 2.26. The molecule has 1 saturated heterocycles. The van der Waals surface area contributed by atoms with Crippen LogP contribution in [0, 0.1) is 0 Å². The third-order valence-corrected chi connectivity index (χ3v) is 5.04. The van der Waals surface area contributed by atoms with Crippen molar-refractivity contribution in [3.8, 4) is 0 Å². The van der Waals surface area contributed by atoms with E-state index in [2.05, 4.69) is 0 Å². The average Bonchev–Trinajstić information content (AvgIpc) is 2.69. The molecule has 0 spiro atoms. The zero-order chi connectivity index (χ0) is 15.1. The Bertz CT molecular complexity index is 635. The first-order valence-corrected chi connectivity index (χ1v) is 7.23. The van der Waals surface area contributed by atoms with Gasteiger partial charge < -0.3 is 21.7 Å². The maximum absolute atomic E-state index is 12.3. The van der Waals surface area contributed by atoms with Crippen molar-refractivity contribution in [2.24, 2.45) is 5.73 Å². The number of aliphatic hydroxyl groups is 2. The second-order valence-electron chi connectivity index (χ2n) is 4.57. The van der Waals surface area contributed by atoms with E-state index in [1.807, 2.05) is 0 Å². The largest absolute Gasteiger partial charge is 0.398 e. The van der Waals surface area contributed by atoms with Crippen LogP contribution in [0.25, 0.3) is 0 Å². The summed E-state index contributed by atoms with van der Waals surface area (Å²) in [5, 5.41) is 18.8. The first kappa shape index (κ1) is 14.7. The number of amides is 1. The molecule has 1 heterocycles. The number of β-amino-alcohol motifs (C(OH)–C–C–N with tert-alkyl or cyclic N) is 2. The van der Waals surface area contributed by atoms with Crippen LogP contribution in [0.5, 0.6) is 0 Å². The Morgan fingerprint density at radius 1 is 1.25 bits per heavy atom. The lowest BCUT2D eigenvalue weighted by atomic mass is 10.2. The van der Waals surface area contributed by atoms with Crippen molar-refractivity contribution in [1.29, 1.82) is 0 Å². The van der Waals surface area contributed by atoms with Crippen LogP contribution in [0.2, 0.25) is 0 Å². The molecule has 1 aliphatic heterocycles. The van der Waals surface area contributed by atoms with E-state index in [1.165, 1.54) is 18.2 Å². The smallest absolute Gasteiger partial charge is 0.248 e. The Labute approximate surface area is 115 Å². The number of nitrogens with zero attached hydrogens (tertiary/aromatic N) is 1. The van der Waals surface area contributed by atoms with E-state index in [1.54, 1.807) is 0 Å². The molecule has 1 fully saturated rings. The van der Waals surface area contributed by atoms with Crippen LogP contribution in [0.4, 0.5) is 5.69 Å². The predicted octanol–water partition coefficient (Wildman–Crippen LogP) is -1.91. The van der Waals surface area contributed by atoms with Crippen LogP contribution >= 0.6 is 0 Å². The zero-order valence-electron chi connectivity index (χ0n) is 10.4. The van der Waals surface area contributed by atoms with Gasteiger partial charge in [0.1, 0.15) is 4.90 Å². The van der Waals surface area contributed by atoms with E-state index in [4.69, 9.17) is 11.5 Å². The van der Waals surface area contributed by atoms with Gasteiger partial charge in [-0.1, -0.05) is 0 Å². The van der Waals surface area contributed by atoms with Gasteiger partial charge in [-0.05, 0) is 18.2 Å². The number of carbonyl (C=O) groups excluding carboxylic acids is 1. The Morgan fingerprint density at radius 2 is 1.80 bits per heavy atom. The summed E-state index contributed by atoms with van der Waals surface area (Å²) in [5.41, 5.74) is 10.7. The minimum absolute atomic E-state index is 0.0999. The number of aliphatic hydroxyl groups excluding tert-OH is 2. The van der Waals surface area contributed by atoms with Gasteiger partial charge >= 0.3 is 0 Å². The molecule has 1 aromatic rings. The van der Waals surface area contributed by atoms with Crippen LogP contribution in [0.3, 0.4) is 0 Å². The molecule has 2 unspecified atom stereocenters. The van der Waals surface area contributed by atoms with E-state index in [9.17, 15) is 23.4 Å². The highest BCUT2D eigenvalue weighted by Gasteiger charge is 2.38. The summed E-state index contributed by atoms with van der Waals surface area (Å²) in [6, 6.07) is 3.62. The van der Waals surface area contributed by atoms with Crippen LogP contribution in [0.15, 0.2) is 23.1 Å². The summed E-state index contributed by atoms with van der Waals surface area (Å²) in [4.78, 5) is 10.8. The van der Waals surface area contributed by atoms with Gasteiger partial charge in [-0.2, -0.15) is 4.31 Å². The molecule has 0 saturated carbocycles. The highest BCUT2D eigenvalue weighted by molar-refractivity contribution is 7.89. The molecular formula is C11H15N3O5S. The Hall–Kier alpha value is -1.68. The van der Waals surface area contributed by atoms with Crippen molar-refractivity contribution >= 4 is 21.6 Å². The number of rotatable bonds is 3. The summed E-state index contributed by atoms with van der Waals surface area (Å²) in [6.07, 6.45) is -2.26. The maximum Gasteiger partial charge on any atom is 0.248 e. The summed E-state index contributed by atoms with van der Waals surface area (Å²) in [5.74, 6) is -0.715. The van der Waals surface area contributed by atoms with E-state index < -0.39 is 28.1 Å². The van der Waals surface area contributed by atoms with E-state index in [0.717, 1.165) is 4.31 Å². The molecule has 2 atom stereocenters. The number of hydrogen-bond donors (Lipinski definition) is 4. The number of benzene rings is 1. The van der Waals surface area contributed by atoms with Crippen LogP contribution in [-0.2, 0) is 10.0 Å². The Morgan fingerprint density at radius 3 is 2.25 bits per heavy atom. The minimum Gasteiger partial charge on any atom is -0.398 e. The summed E-state index contributed by atoms with van der Waals surface area (Å²) >= 11 is 0. The molecule has 1 aliphatic rings. The van der Waals surface area contributed by atoms with Gasteiger partial charge in [-0.15, -0.1) is 0 Å². The molecule has 1 aromatic carbocycles. The third-order valence-electron chi connectivity index (χ3n) is 3.14. The lowest BCUT2D eigenvalue weighted by Crippen LogP contribution is -2.30. The monoisotopic (exact) mass is 301 g/mol. The zero-order valence-corrected chi connectivity index (χ0v) is 11.2. The van der Waals surface area contributed by atoms with Crippen molar-refractivity contribution < 1.29 is 23.4 Å². The SMILES string of the molecule is NC(=O)c1ccc(S(=O)(=O)N2CC(O)C(O)C2)c(N)c1. The Kier molecular flexibility index (Phi) is 3.69. The average molecular weight is 301 g/mol. The molecule has 0 aliphatic carbocycles. The van der Waals surface area contributed by atoms with Crippen molar-refractivity contribution in [3.05, 3.63) is 23.8 Å². The van der Waals surface area contributed by atoms with E-state index in [-0.39, 0.29) is 29.2 Å². The number of anilines is 1. The van der Waals surface area contributed by atoms with Gasteiger partial charge in [0.15, 0.2) is 0 Å². The molecule has 20 heavy (non-hydrogen) atoms. The molecule has 0 bridgehead atoms.